The molecule has 0 spiro atoms. The fraction of sp³-hybridized carbons (Fsp3) is 0.235. The summed E-state index contributed by atoms with van der Waals surface area (Å²) in [5.41, 5.74) is -0.667. The Morgan fingerprint density at radius 2 is 1.22 bits per heavy atom. The molecule has 0 radical (unpaired) electrons. The van der Waals surface area contributed by atoms with Crippen LogP contribution in [0.2, 0.25) is 0 Å². The maximum absolute atomic E-state index is 12.7. The number of ketones is 2. The molecule has 0 aliphatic heterocycles. The smallest absolute Gasteiger partial charge is 0.344 e. The van der Waals surface area contributed by atoms with Crippen molar-refractivity contribution < 1.29 is 48.1 Å². The Morgan fingerprint density at radius 1 is 0.696 bits per heavy atom. The first-order valence-electron chi connectivity index (χ1n) is 14.1. The van der Waals surface area contributed by atoms with Gasteiger partial charge in [0, 0.05) is 20.9 Å². The highest BCUT2D eigenvalue weighted by molar-refractivity contribution is 7.14. The van der Waals surface area contributed by atoms with E-state index in [-0.39, 0.29) is 24.8 Å². The predicted molar refractivity (Wildman–Crippen MR) is 169 cm³/mol. The lowest BCUT2D eigenvalue weighted by atomic mass is 9.85. The molecular formula is C34H30O10S2. The van der Waals surface area contributed by atoms with Crippen molar-refractivity contribution in [1.29, 1.82) is 0 Å². The van der Waals surface area contributed by atoms with Gasteiger partial charge in [-0.25, -0.2) is 4.79 Å². The molecule has 0 unspecified atom stereocenters. The average molecular weight is 663 g/mol. The van der Waals surface area contributed by atoms with E-state index in [2.05, 4.69) is 0 Å². The third-order valence-corrected chi connectivity index (χ3v) is 9.60. The van der Waals surface area contributed by atoms with Crippen LogP contribution in [0.5, 0.6) is 0 Å². The van der Waals surface area contributed by atoms with Crippen LogP contribution in [0.4, 0.5) is 0 Å². The van der Waals surface area contributed by atoms with Gasteiger partial charge in [-0.15, -0.1) is 22.7 Å². The van der Waals surface area contributed by atoms with Gasteiger partial charge in [0.1, 0.15) is 18.6 Å². The number of benzene rings is 2. The number of carboxylic acids is 1. The molecule has 2 heterocycles. The molecule has 0 fully saturated rings. The molecule has 1 N–H and O–H groups in total. The topological polar surface area (TPSA) is 150 Å². The van der Waals surface area contributed by atoms with E-state index in [1.54, 1.807) is 73.7 Å². The molecule has 4 rings (SSSR count). The first-order valence-corrected chi connectivity index (χ1v) is 15.7. The van der Waals surface area contributed by atoms with Crippen LogP contribution in [0.25, 0.3) is 0 Å². The van der Waals surface area contributed by atoms with Gasteiger partial charge >= 0.3 is 23.9 Å². The van der Waals surface area contributed by atoms with Crippen molar-refractivity contribution in [2.45, 2.75) is 31.6 Å². The molecule has 0 aliphatic rings. The molecule has 10 nitrogen and oxygen atoms in total. The van der Waals surface area contributed by atoms with E-state index in [1.807, 2.05) is 6.07 Å². The molecule has 2 aromatic heterocycles. The van der Waals surface area contributed by atoms with Gasteiger partial charge in [-0.2, -0.15) is 0 Å². The van der Waals surface area contributed by atoms with Gasteiger partial charge in [0.2, 0.25) is 11.6 Å². The first-order chi connectivity index (χ1) is 22.0. The summed E-state index contributed by atoms with van der Waals surface area (Å²) in [5.74, 6) is -4.81. The quantitative estimate of drug-likeness (QED) is 0.0755. The second kappa shape index (κ2) is 15.4. The largest absolute Gasteiger partial charge is 0.481 e. The molecule has 0 saturated carbocycles. The van der Waals surface area contributed by atoms with Crippen LogP contribution in [0.15, 0.2) is 84.9 Å². The van der Waals surface area contributed by atoms with Gasteiger partial charge in [0.25, 0.3) is 0 Å². The molecule has 4 aromatic rings. The van der Waals surface area contributed by atoms with Gasteiger partial charge in [-0.1, -0.05) is 60.7 Å². The number of thiophene rings is 2. The summed E-state index contributed by atoms with van der Waals surface area (Å²) >= 11 is 2.16. The average Bonchev–Trinajstić information content (AvgIpc) is 3.77. The number of ether oxygens (including phenoxy) is 3. The van der Waals surface area contributed by atoms with Crippen LogP contribution in [0, 0.1) is 0 Å². The zero-order valence-corrected chi connectivity index (χ0v) is 26.6. The van der Waals surface area contributed by atoms with Gasteiger partial charge < -0.3 is 19.3 Å². The van der Waals surface area contributed by atoms with Crippen molar-refractivity contribution in [3.8, 4) is 0 Å². The highest BCUT2D eigenvalue weighted by Crippen LogP contribution is 2.35. The Kier molecular flexibility index (Phi) is 11.3. The van der Waals surface area contributed by atoms with E-state index in [1.165, 1.54) is 30.4 Å². The van der Waals surface area contributed by atoms with E-state index in [0.29, 0.717) is 30.6 Å². The van der Waals surface area contributed by atoms with Crippen LogP contribution in [0.1, 0.15) is 66.4 Å². The summed E-state index contributed by atoms with van der Waals surface area (Å²) in [5, 5.41) is 9.92. The third-order valence-electron chi connectivity index (χ3n) is 6.99. The summed E-state index contributed by atoms with van der Waals surface area (Å²) in [6, 6.07) is 23.6. The molecule has 0 saturated heterocycles. The van der Waals surface area contributed by atoms with E-state index in [0.717, 1.165) is 11.3 Å². The normalized spacial score (nSPS) is 12.7. The third kappa shape index (κ3) is 8.40. The Hall–Kier alpha value is -4.94. The molecule has 0 aliphatic carbocycles. The monoisotopic (exact) mass is 662 g/mol. The summed E-state index contributed by atoms with van der Waals surface area (Å²) in [7, 11) is 0. The van der Waals surface area contributed by atoms with Crippen molar-refractivity contribution in [3.05, 3.63) is 116 Å². The number of carbonyl (C=O) groups excluding carboxylic acids is 5. The zero-order valence-electron chi connectivity index (χ0n) is 24.9. The second-order valence-corrected chi connectivity index (χ2v) is 12.5. The lowest BCUT2D eigenvalue weighted by molar-refractivity contribution is -0.162. The maximum atomic E-state index is 12.7. The molecule has 0 amide bonds. The van der Waals surface area contributed by atoms with Crippen molar-refractivity contribution >= 4 is 58.1 Å². The van der Waals surface area contributed by atoms with Gasteiger partial charge in [-0.05, 0) is 38.1 Å². The number of carboxylic acid groups (broad SMARTS) is 1. The van der Waals surface area contributed by atoms with E-state index < -0.39 is 48.2 Å². The van der Waals surface area contributed by atoms with Gasteiger partial charge in [0.05, 0.1) is 22.1 Å². The van der Waals surface area contributed by atoms with Crippen LogP contribution < -0.4 is 0 Å². The lowest BCUT2D eigenvalue weighted by Crippen LogP contribution is -2.35. The van der Waals surface area contributed by atoms with Crippen molar-refractivity contribution in [2.75, 3.05) is 19.8 Å². The number of hydrogen-bond acceptors (Lipinski definition) is 11. The second-order valence-electron chi connectivity index (χ2n) is 10.3. The maximum Gasteiger partial charge on any atom is 0.344 e. The summed E-state index contributed by atoms with van der Waals surface area (Å²) in [6.07, 6.45) is -0.521. The first kappa shape index (κ1) is 33.9. The Balaban J connectivity index is 1.20. The Morgan fingerprint density at radius 3 is 1.78 bits per heavy atom. The molecule has 238 valence electrons. The molecular weight excluding hydrogens is 632 g/mol. The van der Waals surface area contributed by atoms with E-state index in [9.17, 15) is 33.9 Å². The van der Waals surface area contributed by atoms with Crippen molar-refractivity contribution in [1.82, 2.24) is 0 Å². The molecule has 2 atom stereocenters. The SMILES string of the molecule is C[C@@H](C(=O)OCC(=O)OCCOC(=O)C[C@@](C)(C(=O)O)c1ccc(C(=O)c2ccccc2)s1)c1ccc(C(=O)c2ccccc2)s1. The highest BCUT2D eigenvalue weighted by Gasteiger charge is 2.40. The molecule has 0 bridgehead atoms. The van der Waals surface area contributed by atoms with Crippen LogP contribution >= 0.6 is 22.7 Å². The molecule has 2 aromatic carbocycles. The van der Waals surface area contributed by atoms with Crippen LogP contribution in [0.3, 0.4) is 0 Å². The van der Waals surface area contributed by atoms with Crippen LogP contribution in [-0.4, -0.2) is 60.4 Å². The number of hydrogen-bond donors (Lipinski definition) is 1. The lowest BCUT2D eigenvalue weighted by Gasteiger charge is -2.22. The number of carbonyl (C=O) groups is 6. The summed E-state index contributed by atoms with van der Waals surface area (Å²) in [6.45, 7) is 1.61. The fourth-order valence-corrected chi connectivity index (χ4v) is 6.37. The van der Waals surface area contributed by atoms with Crippen LogP contribution in [-0.2, 0) is 38.8 Å². The number of aliphatic carboxylic acids is 1. The molecule has 46 heavy (non-hydrogen) atoms. The summed E-state index contributed by atoms with van der Waals surface area (Å²) in [4.78, 5) is 76.3. The van der Waals surface area contributed by atoms with Gasteiger partial charge in [-0.3, -0.25) is 24.0 Å². The van der Waals surface area contributed by atoms with Crippen molar-refractivity contribution in [2.24, 2.45) is 0 Å². The minimum atomic E-state index is -1.66. The number of rotatable bonds is 15. The number of esters is 3. The standard InChI is InChI=1S/C34H30O10S2/c1-21(24-13-14-25(45-24)30(37)22-9-5-3-6-10-22)32(39)44-20-29(36)43-18-17-42-28(35)19-34(2,33(40)41)27-16-15-26(46-27)31(38)23-11-7-4-8-12-23/h3-16,21H,17-20H2,1-2H3,(H,40,41)/t21-,34-/m1/s1. The van der Waals surface area contributed by atoms with E-state index >= 15 is 0 Å². The van der Waals surface area contributed by atoms with Gasteiger partial charge in [0.15, 0.2) is 6.61 Å². The highest BCUT2D eigenvalue weighted by atomic mass is 32.1. The molecule has 12 heteroatoms. The Bertz CT molecular complexity index is 1720. The minimum Gasteiger partial charge on any atom is -0.481 e. The fourth-order valence-electron chi connectivity index (χ4n) is 4.26. The van der Waals surface area contributed by atoms with Crippen molar-refractivity contribution in [3.63, 3.8) is 0 Å². The Labute approximate surface area is 272 Å². The summed E-state index contributed by atoms with van der Waals surface area (Å²) < 4.78 is 15.1. The minimum absolute atomic E-state index is 0.162. The van der Waals surface area contributed by atoms with E-state index in [4.69, 9.17) is 14.2 Å². The zero-order chi connectivity index (χ0) is 33.3. The predicted octanol–water partition coefficient (Wildman–Crippen LogP) is 5.44.